The van der Waals surface area contributed by atoms with Crippen LogP contribution < -0.4 is 5.32 Å². The summed E-state index contributed by atoms with van der Waals surface area (Å²) < 4.78 is 0. The van der Waals surface area contributed by atoms with E-state index < -0.39 is 0 Å². The van der Waals surface area contributed by atoms with Gasteiger partial charge in [-0.3, -0.25) is 4.90 Å². The molecule has 0 aromatic rings. The summed E-state index contributed by atoms with van der Waals surface area (Å²) >= 11 is 0. The van der Waals surface area contributed by atoms with Gasteiger partial charge in [-0.1, -0.05) is 13.3 Å². The monoisotopic (exact) mass is 236 g/mol. The topological polar surface area (TPSA) is 15.3 Å². The standard InChI is InChI=1S/C15H28N2/c1-11-3-4-13(7-11)9-17-10-15(14-5-6-14)16-8-12(17)2/h11-16H,3-10H2,1-2H3. The molecular weight excluding hydrogens is 208 g/mol. The van der Waals surface area contributed by atoms with Crippen LogP contribution in [0.1, 0.15) is 46.0 Å². The maximum Gasteiger partial charge on any atom is 0.0224 e. The fourth-order valence-electron chi connectivity index (χ4n) is 3.84. The molecule has 1 aliphatic heterocycles. The first kappa shape index (κ1) is 12.0. The fourth-order valence-corrected chi connectivity index (χ4v) is 3.84. The zero-order valence-corrected chi connectivity index (χ0v) is 11.5. The van der Waals surface area contributed by atoms with Crippen molar-refractivity contribution < 1.29 is 0 Å². The molecule has 0 aromatic carbocycles. The summed E-state index contributed by atoms with van der Waals surface area (Å²) in [7, 11) is 0. The molecule has 0 bridgehead atoms. The van der Waals surface area contributed by atoms with E-state index in [0.717, 1.165) is 29.8 Å². The maximum absolute atomic E-state index is 3.75. The van der Waals surface area contributed by atoms with E-state index in [2.05, 4.69) is 24.1 Å². The van der Waals surface area contributed by atoms with Crippen LogP contribution in [0.3, 0.4) is 0 Å². The Balaban J connectivity index is 1.52. The van der Waals surface area contributed by atoms with Gasteiger partial charge in [0.15, 0.2) is 0 Å². The lowest BCUT2D eigenvalue weighted by Crippen LogP contribution is -2.57. The first-order chi connectivity index (χ1) is 8.22. The number of hydrogen-bond donors (Lipinski definition) is 1. The second-order valence-electron chi connectivity index (χ2n) is 6.94. The van der Waals surface area contributed by atoms with E-state index in [1.54, 1.807) is 0 Å². The van der Waals surface area contributed by atoms with Gasteiger partial charge in [-0.2, -0.15) is 0 Å². The number of piperazine rings is 1. The summed E-state index contributed by atoms with van der Waals surface area (Å²) in [6.07, 6.45) is 7.37. The lowest BCUT2D eigenvalue weighted by atomic mass is 10.0. The second kappa shape index (κ2) is 4.89. The number of nitrogens with one attached hydrogen (secondary N) is 1. The van der Waals surface area contributed by atoms with E-state index >= 15 is 0 Å². The van der Waals surface area contributed by atoms with Crippen molar-refractivity contribution in [2.24, 2.45) is 17.8 Å². The summed E-state index contributed by atoms with van der Waals surface area (Å²) in [5, 5.41) is 3.75. The first-order valence-corrected chi connectivity index (χ1v) is 7.70. The summed E-state index contributed by atoms with van der Waals surface area (Å²) in [5.74, 6) is 2.98. The minimum Gasteiger partial charge on any atom is -0.311 e. The molecule has 0 radical (unpaired) electrons. The van der Waals surface area contributed by atoms with E-state index in [9.17, 15) is 0 Å². The Hall–Kier alpha value is -0.0800. The van der Waals surface area contributed by atoms with Gasteiger partial charge in [-0.05, 0) is 50.4 Å². The van der Waals surface area contributed by atoms with Crippen LogP contribution in [0.5, 0.6) is 0 Å². The van der Waals surface area contributed by atoms with E-state index in [-0.39, 0.29) is 0 Å². The molecule has 4 unspecified atom stereocenters. The Morgan fingerprint density at radius 3 is 2.59 bits per heavy atom. The van der Waals surface area contributed by atoms with Gasteiger partial charge in [-0.15, -0.1) is 0 Å². The van der Waals surface area contributed by atoms with Gasteiger partial charge in [0.2, 0.25) is 0 Å². The van der Waals surface area contributed by atoms with E-state index in [1.165, 1.54) is 51.7 Å². The molecule has 98 valence electrons. The van der Waals surface area contributed by atoms with Crippen LogP contribution in [0.25, 0.3) is 0 Å². The average Bonchev–Trinajstić information content (AvgIpc) is 3.07. The van der Waals surface area contributed by atoms with Crippen LogP contribution in [-0.4, -0.2) is 36.6 Å². The molecule has 0 amide bonds. The first-order valence-electron chi connectivity index (χ1n) is 7.70. The second-order valence-corrected chi connectivity index (χ2v) is 6.94. The van der Waals surface area contributed by atoms with Crippen molar-refractivity contribution in [3.8, 4) is 0 Å². The highest BCUT2D eigenvalue weighted by Crippen LogP contribution is 2.35. The Morgan fingerprint density at radius 2 is 1.94 bits per heavy atom. The van der Waals surface area contributed by atoms with Crippen LogP contribution in [0, 0.1) is 17.8 Å². The van der Waals surface area contributed by atoms with E-state index in [1.807, 2.05) is 0 Å². The van der Waals surface area contributed by atoms with Gasteiger partial charge in [0.05, 0.1) is 0 Å². The molecule has 2 saturated carbocycles. The Kier molecular flexibility index (Phi) is 3.45. The number of rotatable bonds is 3. The van der Waals surface area contributed by atoms with Crippen LogP contribution in [-0.2, 0) is 0 Å². The van der Waals surface area contributed by atoms with Crippen LogP contribution in [0.2, 0.25) is 0 Å². The van der Waals surface area contributed by atoms with Gasteiger partial charge in [0, 0.05) is 31.7 Å². The summed E-state index contributed by atoms with van der Waals surface area (Å²) in [6, 6.07) is 1.56. The predicted molar refractivity (Wildman–Crippen MR) is 72.1 cm³/mol. The Morgan fingerprint density at radius 1 is 1.12 bits per heavy atom. The van der Waals surface area contributed by atoms with Gasteiger partial charge in [0.1, 0.15) is 0 Å². The minimum atomic E-state index is 0.751. The molecule has 1 saturated heterocycles. The number of hydrogen-bond acceptors (Lipinski definition) is 2. The molecular formula is C15H28N2. The number of nitrogens with zero attached hydrogens (tertiary/aromatic N) is 1. The van der Waals surface area contributed by atoms with Crippen molar-refractivity contribution in [2.75, 3.05) is 19.6 Å². The zero-order chi connectivity index (χ0) is 11.8. The average molecular weight is 236 g/mol. The highest BCUT2D eigenvalue weighted by Gasteiger charge is 2.36. The van der Waals surface area contributed by atoms with Crippen molar-refractivity contribution in [2.45, 2.75) is 58.0 Å². The lowest BCUT2D eigenvalue weighted by molar-refractivity contribution is 0.113. The molecule has 3 fully saturated rings. The van der Waals surface area contributed by atoms with Crippen molar-refractivity contribution in [1.29, 1.82) is 0 Å². The van der Waals surface area contributed by atoms with Gasteiger partial charge in [0.25, 0.3) is 0 Å². The molecule has 3 aliphatic rings. The molecule has 2 aliphatic carbocycles. The molecule has 0 aromatic heterocycles. The predicted octanol–water partition coefficient (Wildman–Crippen LogP) is 2.49. The molecule has 3 rings (SSSR count). The van der Waals surface area contributed by atoms with E-state index in [4.69, 9.17) is 0 Å². The molecule has 2 nitrogen and oxygen atoms in total. The molecule has 2 heteroatoms. The minimum absolute atomic E-state index is 0.751. The zero-order valence-electron chi connectivity index (χ0n) is 11.5. The Bertz CT molecular complexity index is 262. The lowest BCUT2D eigenvalue weighted by Gasteiger charge is -2.40. The van der Waals surface area contributed by atoms with Gasteiger partial charge in [-0.25, -0.2) is 0 Å². The quantitative estimate of drug-likeness (QED) is 0.810. The van der Waals surface area contributed by atoms with Crippen LogP contribution in [0.4, 0.5) is 0 Å². The van der Waals surface area contributed by atoms with Crippen molar-refractivity contribution >= 4 is 0 Å². The molecule has 0 spiro atoms. The highest BCUT2D eigenvalue weighted by atomic mass is 15.2. The summed E-state index contributed by atoms with van der Waals surface area (Å²) in [6.45, 7) is 8.72. The normalized spacial score (nSPS) is 44.1. The SMILES string of the molecule is CC1CCC(CN2CC(C3CC3)NCC2C)C1. The van der Waals surface area contributed by atoms with Crippen LogP contribution >= 0.6 is 0 Å². The van der Waals surface area contributed by atoms with Crippen molar-refractivity contribution in [3.63, 3.8) is 0 Å². The van der Waals surface area contributed by atoms with Crippen molar-refractivity contribution in [1.82, 2.24) is 10.2 Å². The summed E-state index contributed by atoms with van der Waals surface area (Å²) in [5.41, 5.74) is 0. The third kappa shape index (κ3) is 2.85. The third-order valence-electron chi connectivity index (χ3n) is 5.22. The largest absolute Gasteiger partial charge is 0.311 e. The molecule has 1 heterocycles. The fraction of sp³-hybridized carbons (Fsp3) is 1.00. The highest BCUT2D eigenvalue weighted by molar-refractivity contribution is 4.94. The van der Waals surface area contributed by atoms with Crippen molar-refractivity contribution in [3.05, 3.63) is 0 Å². The smallest absolute Gasteiger partial charge is 0.0224 e. The maximum atomic E-state index is 3.75. The molecule has 1 N–H and O–H groups in total. The summed E-state index contributed by atoms with van der Waals surface area (Å²) in [4.78, 5) is 2.78. The van der Waals surface area contributed by atoms with Gasteiger partial charge >= 0.3 is 0 Å². The van der Waals surface area contributed by atoms with Crippen LogP contribution in [0.15, 0.2) is 0 Å². The van der Waals surface area contributed by atoms with Gasteiger partial charge < -0.3 is 5.32 Å². The van der Waals surface area contributed by atoms with E-state index in [0.29, 0.717) is 0 Å². The molecule has 17 heavy (non-hydrogen) atoms. The molecule has 4 atom stereocenters. The Labute approximate surface area is 106 Å². The third-order valence-corrected chi connectivity index (χ3v) is 5.22.